The summed E-state index contributed by atoms with van der Waals surface area (Å²) in [6.07, 6.45) is 4.23. The third-order valence-electron chi connectivity index (χ3n) is 3.96. The van der Waals surface area contributed by atoms with E-state index >= 15 is 0 Å². The Balaban J connectivity index is 1.58. The van der Waals surface area contributed by atoms with Crippen LogP contribution in [0.15, 0.2) is 54.9 Å². The summed E-state index contributed by atoms with van der Waals surface area (Å²) in [5.41, 5.74) is 8.46. The Morgan fingerprint density at radius 1 is 1.23 bits per heavy atom. The minimum atomic E-state index is -0.232. The predicted octanol–water partition coefficient (Wildman–Crippen LogP) is 1.87. The molecule has 1 amide bonds. The lowest BCUT2D eigenvalue weighted by Crippen LogP contribution is -2.43. The molecule has 1 fully saturated rings. The van der Waals surface area contributed by atoms with Crippen LogP contribution in [0.25, 0.3) is 0 Å². The first-order chi connectivity index (χ1) is 10.7. The van der Waals surface area contributed by atoms with E-state index in [4.69, 9.17) is 0 Å². The van der Waals surface area contributed by atoms with Crippen LogP contribution in [-0.4, -0.2) is 16.9 Å². The van der Waals surface area contributed by atoms with Gasteiger partial charge in [-0.05, 0) is 30.5 Å². The highest BCUT2D eigenvalue weighted by Crippen LogP contribution is 2.22. The number of hydrazine groups is 1. The van der Waals surface area contributed by atoms with Crippen molar-refractivity contribution in [1.82, 2.24) is 21.2 Å². The Morgan fingerprint density at radius 3 is 2.77 bits per heavy atom. The number of pyridine rings is 1. The second-order valence-electron chi connectivity index (χ2n) is 5.56. The Kier molecular flexibility index (Phi) is 4.46. The van der Waals surface area contributed by atoms with Crippen molar-refractivity contribution in [3.63, 3.8) is 0 Å². The molecule has 3 rings (SSSR count). The van der Waals surface area contributed by atoms with Crippen molar-refractivity contribution in [1.29, 1.82) is 0 Å². The van der Waals surface area contributed by atoms with Crippen molar-refractivity contribution < 1.29 is 4.79 Å². The number of hydrogen-bond acceptors (Lipinski definition) is 4. The molecule has 3 unspecified atom stereocenters. The van der Waals surface area contributed by atoms with E-state index < -0.39 is 0 Å². The number of carbonyl (C=O) groups excluding carboxylic acids is 1. The van der Waals surface area contributed by atoms with E-state index in [0.717, 1.165) is 12.0 Å². The SMILES string of the molecule is CC(NC(=O)C1CC(c2ccccc2)NN1)c1cccnc1. The molecule has 5 heteroatoms. The molecule has 2 heterocycles. The highest BCUT2D eigenvalue weighted by atomic mass is 16.2. The maximum absolute atomic E-state index is 12.4. The molecule has 0 saturated carbocycles. The van der Waals surface area contributed by atoms with E-state index in [0.29, 0.717) is 0 Å². The number of amides is 1. The van der Waals surface area contributed by atoms with Crippen molar-refractivity contribution in [2.75, 3.05) is 0 Å². The maximum Gasteiger partial charge on any atom is 0.239 e. The number of hydrogen-bond donors (Lipinski definition) is 3. The van der Waals surface area contributed by atoms with Crippen LogP contribution >= 0.6 is 0 Å². The number of carbonyl (C=O) groups is 1. The van der Waals surface area contributed by atoms with Gasteiger partial charge in [0.2, 0.25) is 5.91 Å². The van der Waals surface area contributed by atoms with Crippen LogP contribution in [0.1, 0.15) is 36.6 Å². The highest BCUT2D eigenvalue weighted by Gasteiger charge is 2.30. The fourth-order valence-corrected chi connectivity index (χ4v) is 2.66. The first-order valence-corrected chi connectivity index (χ1v) is 7.50. The Hall–Kier alpha value is -2.24. The van der Waals surface area contributed by atoms with E-state index in [-0.39, 0.29) is 24.0 Å². The van der Waals surface area contributed by atoms with Gasteiger partial charge < -0.3 is 5.32 Å². The lowest BCUT2D eigenvalue weighted by atomic mass is 10.0. The van der Waals surface area contributed by atoms with Gasteiger partial charge in [0.05, 0.1) is 6.04 Å². The molecule has 1 aliphatic heterocycles. The average Bonchev–Trinajstić information content (AvgIpc) is 3.06. The highest BCUT2D eigenvalue weighted by molar-refractivity contribution is 5.82. The molecule has 0 bridgehead atoms. The molecular formula is C17H20N4O. The van der Waals surface area contributed by atoms with Crippen molar-refractivity contribution >= 4 is 5.91 Å². The van der Waals surface area contributed by atoms with Gasteiger partial charge in [0.15, 0.2) is 0 Å². The molecule has 1 aliphatic rings. The number of nitrogens with one attached hydrogen (secondary N) is 3. The van der Waals surface area contributed by atoms with E-state index in [2.05, 4.69) is 33.3 Å². The van der Waals surface area contributed by atoms with Crippen LogP contribution < -0.4 is 16.2 Å². The fourth-order valence-electron chi connectivity index (χ4n) is 2.66. The lowest BCUT2D eigenvalue weighted by Gasteiger charge is -2.17. The van der Waals surface area contributed by atoms with Gasteiger partial charge in [0.1, 0.15) is 6.04 Å². The monoisotopic (exact) mass is 296 g/mol. The smallest absolute Gasteiger partial charge is 0.239 e. The third kappa shape index (κ3) is 3.32. The zero-order valence-electron chi connectivity index (χ0n) is 12.5. The van der Waals surface area contributed by atoms with Gasteiger partial charge in [0, 0.05) is 18.4 Å². The average molecular weight is 296 g/mol. The van der Waals surface area contributed by atoms with E-state index in [1.54, 1.807) is 12.4 Å². The molecule has 114 valence electrons. The molecule has 0 spiro atoms. The quantitative estimate of drug-likeness (QED) is 0.806. The summed E-state index contributed by atoms with van der Waals surface area (Å²) in [6, 6.07) is 13.9. The van der Waals surface area contributed by atoms with E-state index in [1.807, 2.05) is 37.3 Å². The van der Waals surface area contributed by atoms with Crippen molar-refractivity contribution in [2.24, 2.45) is 0 Å². The summed E-state index contributed by atoms with van der Waals surface area (Å²) >= 11 is 0. The topological polar surface area (TPSA) is 66.1 Å². The number of rotatable bonds is 4. The van der Waals surface area contributed by atoms with Gasteiger partial charge in [0.25, 0.3) is 0 Å². The second-order valence-corrected chi connectivity index (χ2v) is 5.56. The van der Waals surface area contributed by atoms with Gasteiger partial charge in [-0.1, -0.05) is 36.4 Å². The molecule has 0 aliphatic carbocycles. The van der Waals surface area contributed by atoms with Gasteiger partial charge in [-0.15, -0.1) is 0 Å². The summed E-state index contributed by atoms with van der Waals surface area (Å²) in [7, 11) is 0. The molecule has 1 aromatic carbocycles. The summed E-state index contributed by atoms with van der Waals surface area (Å²) < 4.78 is 0. The van der Waals surface area contributed by atoms with Crippen molar-refractivity contribution in [3.05, 3.63) is 66.0 Å². The zero-order chi connectivity index (χ0) is 15.4. The summed E-state index contributed by atoms with van der Waals surface area (Å²) in [4.78, 5) is 16.5. The second kappa shape index (κ2) is 6.68. The molecule has 0 radical (unpaired) electrons. The molecule has 2 aromatic rings. The first kappa shape index (κ1) is 14.7. The van der Waals surface area contributed by atoms with Crippen LogP contribution in [0.5, 0.6) is 0 Å². The Bertz CT molecular complexity index is 617. The van der Waals surface area contributed by atoms with Crippen LogP contribution in [0.3, 0.4) is 0 Å². The van der Waals surface area contributed by atoms with E-state index in [9.17, 15) is 4.79 Å². The molecule has 1 aromatic heterocycles. The zero-order valence-corrected chi connectivity index (χ0v) is 12.5. The molecule has 3 atom stereocenters. The first-order valence-electron chi connectivity index (χ1n) is 7.50. The van der Waals surface area contributed by atoms with Crippen molar-refractivity contribution in [2.45, 2.75) is 31.5 Å². The number of nitrogens with zero attached hydrogens (tertiary/aromatic N) is 1. The molecular weight excluding hydrogens is 276 g/mol. The van der Waals surface area contributed by atoms with Crippen molar-refractivity contribution in [3.8, 4) is 0 Å². The standard InChI is InChI=1S/C17H20N4O/c1-12(14-8-5-9-18-11-14)19-17(22)16-10-15(20-21-16)13-6-3-2-4-7-13/h2-9,11-12,15-16,20-21H,10H2,1H3,(H,19,22). The normalized spacial score (nSPS) is 22.2. The molecule has 22 heavy (non-hydrogen) atoms. The van der Waals surface area contributed by atoms with Crippen LogP contribution in [0, 0.1) is 0 Å². The summed E-state index contributed by atoms with van der Waals surface area (Å²) in [6.45, 7) is 1.96. The lowest BCUT2D eigenvalue weighted by molar-refractivity contribution is -0.123. The Morgan fingerprint density at radius 2 is 2.05 bits per heavy atom. The molecule has 3 N–H and O–H groups in total. The summed E-state index contributed by atoms with van der Waals surface area (Å²) in [5.74, 6) is 0.00211. The molecule has 5 nitrogen and oxygen atoms in total. The number of benzene rings is 1. The van der Waals surface area contributed by atoms with Crippen LogP contribution in [0.4, 0.5) is 0 Å². The van der Waals surface area contributed by atoms with Gasteiger partial charge >= 0.3 is 0 Å². The Labute approximate surface area is 130 Å². The largest absolute Gasteiger partial charge is 0.348 e. The summed E-state index contributed by atoms with van der Waals surface area (Å²) in [5, 5.41) is 3.03. The van der Waals surface area contributed by atoms with Crippen LogP contribution in [-0.2, 0) is 4.79 Å². The fraction of sp³-hybridized carbons (Fsp3) is 0.294. The van der Waals surface area contributed by atoms with Gasteiger partial charge in [-0.25, -0.2) is 10.9 Å². The third-order valence-corrected chi connectivity index (χ3v) is 3.96. The van der Waals surface area contributed by atoms with Gasteiger partial charge in [-0.3, -0.25) is 9.78 Å². The minimum absolute atomic E-state index is 0.00211. The minimum Gasteiger partial charge on any atom is -0.348 e. The van der Waals surface area contributed by atoms with E-state index in [1.165, 1.54) is 5.56 Å². The molecule has 1 saturated heterocycles. The predicted molar refractivity (Wildman–Crippen MR) is 84.7 cm³/mol. The van der Waals surface area contributed by atoms with Gasteiger partial charge in [-0.2, -0.15) is 0 Å². The maximum atomic E-state index is 12.4. The number of aromatic nitrogens is 1. The van der Waals surface area contributed by atoms with Crippen LogP contribution in [0.2, 0.25) is 0 Å².